The van der Waals surface area contributed by atoms with E-state index in [4.69, 9.17) is 10.6 Å². The average Bonchev–Trinajstić information content (AvgIpc) is 2.45. The highest BCUT2D eigenvalue weighted by Crippen LogP contribution is 1.89. The van der Waals surface area contributed by atoms with E-state index in [0.29, 0.717) is 12.4 Å². The van der Waals surface area contributed by atoms with Gasteiger partial charge in [0.15, 0.2) is 0 Å². The van der Waals surface area contributed by atoms with Crippen molar-refractivity contribution in [2.45, 2.75) is 6.54 Å². The van der Waals surface area contributed by atoms with Gasteiger partial charge in [0.05, 0.1) is 6.54 Å². The van der Waals surface area contributed by atoms with Crippen molar-refractivity contribution in [2.24, 2.45) is 12.8 Å². The summed E-state index contributed by atoms with van der Waals surface area (Å²) in [4.78, 5) is 15.0. The van der Waals surface area contributed by atoms with Gasteiger partial charge in [-0.15, -0.1) is 10.2 Å². The first-order chi connectivity index (χ1) is 6.20. The maximum atomic E-state index is 10.3. The predicted octanol–water partition coefficient (Wildman–Crippen LogP) is -1.68. The van der Waals surface area contributed by atoms with E-state index in [1.54, 1.807) is 10.9 Å². The van der Waals surface area contributed by atoms with E-state index in [9.17, 15) is 4.79 Å². The van der Waals surface area contributed by atoms with Crippen LogP contribution in [-0.2, 0) is 23.2 Å². The fraction of sp³-hybridized carbons (Fsp3) is 0.500. The second-order valence-corrected chi connectivity index (χ2v) is 2.43. The quantitative estimate of drug-likeness (QED) is 0.422. The maximum Gasteiger partial charge on any atom is 0.245 e. The monoisotopic (exact) mass is 185 g/mol. The molecule has 3 N–H and O–H groups in total. The third-order valence-corrected chi connectivity index (χ3v) is 1.35. The van der Waals surface area contributed by atoms with Crippen molar-refractivity contribution in [1.29, 1.82) is 0 Å². The van der Waals surface area contributed by atoms with Gasteiger partial charge in [-0.2, -0.15) is 5.48 Å². The van der Waals surface area contributed by atoms with Gasteiger partial charge in [0.2, 0.25) is 5.91 Å². The molecular weight excluding hydrogens is 174 g/mol. The second-order valence-electron chi connectivity index (χ2n) is 2.43. The van der Waals surface area contributed by atoms with Crippen molar-refractivity contribution >= 4 is 5.91 Å². The number of amides is 1. The number of nitrogens with one attached hydrogen (secondary N) is 1. The van der Waals surface area contributed by atoms with Crippen molar-refractivity contribution in [3.05, 3.63) is 12.2 Å². The Kier molecular flexibility index (Phi) is 3.35. The standard InChI is InChI=1S/C6H11N5O2/c1-11-4-8-10-6(11)2-9-13-3-5(7)12/h4,9H,2-3H2,1H3,(H2,7,12). The Bertz CT molecular complexity index is 284. The van der Waals surface area contributed by atoms with Gasteiger partial charge in [-0.25, -0.2) is 0 Å². The Hall–Kier alpha value is -1.47. The third kappa shape index (κ3) is 3.18. The third-order valence-electron chi connectivity index (χ3n) is 1.35. The van der Waals surface area contributed by atoms with E-state index in [2.05, 4.69) is 15.7 Å². The number of aryl methyl sites for hydroxylation is 1. The van der Waals surface area contributed by atoms with Crippen LogP contribution in [-0.4, -0.2) is 27.3 Å². The average molecular weight is 185 g/mol. The molecule has 0 aliphatic heterocycles. The summed E-state index contributed by atoms with van der Waals surface area (Å²) < 4.78 is 1.74. The Morgan fingerprint density at radius 2 is 2.62 bits per heavy atom. The van der Waals surface area contributed by atoms with E-state index in [0.717, 1.165) is 0 Å². The van der Waals surface area contributed by atoms with Crippen LogP contribution < -0.4 is 11.2 Å². The SMILES string of the molecule is Cn1cnnc1CNOCC(N)=O. The van der Waals surface area contributed by atoms with Crippen molar-refractivity contribution in [1.82, 2.24) is 20.2 Å². The molecule has 7 nitrogen and oxygen atoms in total. The fourth-order valence-electron chi connectivity index (χ4n) is 0.705. The number of primary amides is 1. The van der Waals surface area contributed by atoms with Gasteiger partial charge in [-0.3, -0.25) is 9.63 Å². The Balaban J connectivity index is 2.20. The lowest BCUT2D eigenvalue weighted by atomic mass is 10.6. The molecule has 1 aromatic heterocycles. The minimum atomic E-state index is -0.523. The maximum absolute atomic E-state index is 10.3. The molecule has 0 radical (unpaired) electrons. The van der Waals surface area contributed by atoms with Gasteiger partial charge < -0.3 is 10.3 Å². The van der Waals surface area contributed by atoms with Crippen molar-refractivity contribution in [3.63, 3.8) is 0 Å². The molecule has 0 spiro atoms. The van der Waals surface area contributed by atoms with Crippen LogP contribution in [0.3, 0.4) is 0 Å². The lowest BCUT2D eigenvalue weighted by Gasteiger charge is -2.02. The molecule has 0 fully saturated rings. The predicted molar refractivity (Wildman–Crippen MR) is 43.0 cm³/mol. The molecule has 7 heteroatoms. The molecule has 0 bridgehead atoms. The molecule has 0 atom stereocenters. The van der Waals surface area contributed by atoms with Gasteiger partial charge in [-0.05, 0) is 0 Å². The minimum Gasteiger partial charge on any atom is -0.368 e. The molecule has 0 saturated carbocycles. The van der Waals surface area contributed by atoms with E-state index in [-0.39, 0.29) is 6.61 Å². The molecule has 1 rings (SSSR count). The first-order valence-electron chi connectivity index (χ1n) is 3.66. The van der Waals surface area contributed by atoms with Gasteiger partial charge in [0.1, 0.15) is 18.8 Å². The number of carbonyl (C=O) groups is 1. The van der Waals surface area contributed by atoms with E-state index < -0.39 is 5.91 Å². The summed E-state index contributed by atoms with van der Waals surface area (Å²) in [5.74, 6) is 0.190. The molecule has 0 unspecified atom stereocenters. The molecule has 72 valence electrons. The zero-order valence-corrected chi connectivity index (χ0v) is 7.23. The Labute approximate surface area is 74.8 Å². The summed E-state index contributed by atoms with van der Waals surface area (Å²) >= 11 is 0. The first-order valence-corrected chi connectivity index (χ1v) is 3.66. The van der Waals surface area contributed by atoms with E-state index in [1.807, 2.05) is 7.05 Å². The van der Waals surface area contributed by atoms with Crippen molar-refractivity contribution in [2.75, 3.05) is 6.61 Å². The number of hydrogen-bond donors (Lipinski definition) is 2. The van der Waals surface area contributed by atoms with Crippen LogP contribution in [0.25, 0.3) is 0 Å². The van der Waals surface area contributed by atoms with Crippen LogP contribution in [0.15, 0.2) is 6.33 Å². The van der Waals surface area contributed by atoms with Crippen molar-refractivity contribution in [3.8, 4) is 0 Å². The Morgan fingerprint density at radius 3 is 3.15 bits per heavy atom. The number of carbonyl (C=O) groups excluding carboxylic acids is 1. The summed E-state index contributed by atoms with van der Waals surface area (Å²) in [7, 11) is 1.81. The molecule has 1 aromatic rings. The summed E-state index contributed by atoms with van der Waals surface area (Å²) in [6.07, 6.45) is 1.57. The van der Waals surface area contributed by atoms with Crippen LogP contribution >= 0.6 is 0 Å². The highest BCUT2D eigenvalue weighted by atomic mass is 16.6. The molecule has 1 heterocycles. The highest BCUT2D eigenvalue weighted by molar-refractivity contribution is 5.74. The number of nitrogens with two attached hydrogens (primary N) is 1. The molecular formula is C6H11N5O2. The smallest absolute Gasteiger partial charge is 0.245 e. The van der Waals surface area contributed by atoms with Gasteiger partial charge in [0, 0.05) is 7.05 Å². The number of aromatic nitrogens is 3. The molecule has 0 aliphatic rings. The zero-order valence-electron chi connectivity index (χ0n) is 7.23. The summed E-state index contributed by atoms with van der Waals surface area (Å²) in [6.45, 7) is 0.224. The summed E-state index contributed by atoms with van der Waals surface area (Å²) in [5, 5.41) is 7.45. The van der Waals surface area contributed by atoms with Gasteiger partial charge >= 0.3 is 0 Å². The topological polar surface area (TPSA) is 95.1 Å². The fourth-order valence-corrected chi connectivity index (χ4v) is 0.705. The Morgan fingerprint density at radius 1 is 1.85 bits per heavy atom. The summed E-state index contributed by atoms with van der Waals surface area (Å²) in [6, 6.07) is 0. The lowest BCUT2D eigenvalue weighted by Crippen LogP contribution is -2.25. The number of rotatable bonds is 5. The zero-order chi connectivity index (χ0) is 9.68. The van der Waals surface area contributed by atoms with Crippen LogP contribution in [0, 0.1) is 0 Å². The largest absolute Gasteiger partial charge is 0.368 e. The molecule has 1 amide bonds. The first kappa shape index (κ1) is 9.62. The second kappa shape index (κ2) is 4.53. The summed E-state index contributed by atoms with van der Waals surface area (Å²) in [5.41, 5.74) is 7.38. The number of hydrogen-bond acceptors (Lipinski definition) is 5. The number of hydroxylamine groups is 1. The van der Waals surface area contributed by atoms with Crippen LogP contribution in [0.2, 0.25) is 0 Å². The molecule has 0 aromatic carbocycles. The van der Waals surface area contributed by atoms with E-state index >= 15 is 0 Å². The van der Waals surface area contributed by atoms with Crippen LogP contribution in [0.4, 0.5) is 0 Å². The van der Waals surface area contributed by atoms with Gasteiger partial charge in [0.25, 0.3) is 0 Å². The van der Waals surface area contributed by atoms with Crippen LogP contribution in [0.1, 0.15) is 5.82 Å². The highest BCUT2D eigenvalue weighted by Gasteiger charge is 1.99. The van der Waals surface area contributed by atoms with Gasteiger partial charge in [-0.1, -0.05) is 0 Å². The molecule has 13 heavy (non-hydrogen) atoms. The van der Waals surface area contributed by atoms with E-state index in [1.165, 1.54) is 0 Å². The minimum absolute atomic E-state index is 0.155. The molecule has 0 saturated heterocycles. The number of nitrogens with zero attached hydrogens (tertiary/aromatic N) is 3. The van der Waals surface area contributed by atoms with Crippen molar-refractivity contribution < 1.29 is 9.63 Å². The van der Waals surface area contributed by atoms with Crippen LogP contribution in [0.5, 0.6) is 0 Å². The lowest BCUT2D eigenvalue weighted by molar-refractivity contribution is -0.125. The molecule has 0 aliphatic carbocycles. The normalized spacial score (nSPS) is 10.2.